The predicted octanol–water partition coefficient (Wildman–Crippen LogP) is 1.44. The van der Waals surface area contributed by atoms with Crippen LogP contribution in [-0.4, -0.2) is 27.0 Å². The van der Waals surface area contributed by atoms with E-state index in [2.05, 4.69) is 15.3 Å². The van der Waals surface area contributed by atoms with Gasteiger partial charge in [0.05, 0.1) is 0 Å². The first-order chi connectivity index (χ1) is 10.5. The number of carbonyl (C=O) groups excluding carboxylic acids is 1. The van der Waals surface area contributed by atoms with Gasteiger partial charge in [-0.1, -0.05) is 24.3 Å². The highest BCUT2D eigenvalue weighted by Gasteiger charge is 2.47. The highest BCUT2D eigenvalue weighted by atomic mass is 16.4. The Morgan fingerprint density at radius 3 is 2.77 bits per heavy atom. The van der Waals surface area contributed by atoms with Crippen LogP contribution in [0.1, 0.15) is 33.9 Å². The second kappa shape index (κ2) is 5.22. The van der Waals surface area contributed by atoms with Gasteiger partial charge < -0.3 is 10.4 Å². The molecular formula is C16H15N3O3. The van der Waals surface area contributed by atoms with Crippen molar-refractivity contribution in [3.63, 3.8) is 0 Å². The number of benzene rings is 1. The van der Waals surface area contributed by atoms with E-state index in [1.54, 1.807) is 19.1 Å². The van der Waals surface area contributed by atoms with Gasteiger partial charge in [0.25, 0.3) is 5.91 Å². The highest BCUT2D eigenvalue weighted by molar-refractivity contribution is 5.97. The monoisotopic (exact) mass is 297 g/mol. The topological polar surface area (TPSA) is 92.2 Å². The van der Waals surface area contributed by atoms with E-state index in [-0.39, 0.29) is 5.69 Å². The second-order valence-electron chi connectivity index (χ2n) is 5.31. The first-order valence-corrected chi connectivity index (χ1v) is 6.97. The Morgan fingerprint density at radius 2 is 2.05 bits per heavy atom. The first-order valence-electron chi connectivity index (χ1n) is 6.97. The van der Waals surface area contributed by atoms with Crippen molar-refractivity contribution in [1.29, 1.82) is 0 Å². The minimum Gasteiger partial charge on any atom is -0.479 e. The lowest BCUT2D eigenvalue weighted by molar-refractivity contribution is -0.144. The molecule has 1 heterocycles. The van der Waals surface area contributed by atoms with Crippen LogP contribution in [0, 0.1) is 6.92 Å². The van der Waals surface area contributed by atoms with E-state index < -0.39 is 17.4 Å². The van der Waals surface area contributed by atoms with E-state index in [1.807, 2.05) is 12.1 Å². The Balaban J connectivity index is 1.98. The highest BCUT2D eigenvalue weighted by Crippen LogP contribution is 2.37. The van der Waals surface area contributed by atoms with E-state index in [0.29, 0.717) is 24.2 Å². The van der Waals surface area contributed by atoms with Crippen LogP contribution in [-0.2, 0) is 16.8 Å². The van der Waals surface area contributed by atoms with Crippen molar-refractivity contribution in [3.8, 4) is 0 Å². The number of carboxylic acid groups (broad SMARTS) is 1. The van der Waals surface area contributed by atoms with Crippen LogP contribution in [0.2, 0.25) is 0 Å². The van der Waals surface area contributed by atoms with Crippen LogP contribution >= 0.6 is 0 Å². The average molecular weight is 297 g/mol. The van der Waals surface area contributed by atoms with E-state index >= 15 is 0 Å². The molecule has 6 heteroatoms. The first kappa shape index (κ1) is 14.2. The van der Waals surface area contributed by atoms with Crippen LogP contribution in [0.4, 0.5) is 0 Å². The molecule has 1 aliphatic carbocycles. The smallest absolute Gasteiger partial charge is 0.334 e. The fourth-order valence-electron chi connectivity index (χ4n) is 2.86. The largest absolute Gasteiger partial charge is 0.479 e. The third-order valence-corrected chi connectivity index (χ3v) is 3.95. The van der Waals surface area contributed by atoms with E-state index in [9.17, 15) is 14.7 Å². The summed E-state index contributed by atoms with van der Waals surface area (Å²) in [5, 5.41) is 12.4. The number of aromatic nitrogens is 2. The molecule has 0 radical (unpaired) electrons. The Kier molecular flexibility index (Phi) is 3.36. The molecule has 1 atom stereocenters. The maximum absolute atomic E-state index is 12.4. The van der Waals surface area contributed by atoms with Crippen LogP contribution in [0.3, 0.4) is 0 Å². The molecule has 1 aliphatic rings. The number of hydrogen-bond acceptors (Lipinski definition) is 4. The van der Waals surface area contributed by atoms with Crippen LogP contribution in [0.15, 0.2) is 36.5 Å². The minimum absolute atomic E-state index is 0.164. The zero-order valence-corrected chi connectivity index (χ0v) is 12.0. The fourth-order valence-corrected chi connectivity index (χ4v) is 2.86. The third kappa shape index (κ3) is 2.22. The van der Waals surface area contributed by atoms with E-state index in [4.69, 9.17) is 0 Å². The number of carboxylic acids is 1. The number of nitrogens with one attached hydrogen (secondary N) is 1. The number of carbonyl (C=O) groups is 2. The van der Waals surface area contributed by atoms with Crippen molar-refractivity contribution in [3.05, 3.63) is 59.2 Å². The Hall–Kier alpha value is -2.76. The molecule has 1 aromatic carbocycles. The summed E-state index contributed by atoms with van der Waals surface area (Å²) in [5.74, 6) is -1.11. The maximum atomic E-state index is 12.4. The number of rotatable bonds is 3. The molecule has 0 saturated heterocycles. The number of hydrogen-bond donors (Lipinski definition) is 2. The summed E-state index contributed by atoms with van der Waals surface area (Å²) in [7, 11) is 0. The molecular weight excluding hydrogens is 282 g/mol. The van der Waals surface area contributed by atoms with Gasteiger partial charge in [-0.3, -0.25) is 4.79 Å². The number of aliphatic carboxylic acids is 1. The molecule has 0 aliphatic heterocycles. The van der Waals surface area contributed by atoms with Crippen molar-refractivity contribution >= 4 is 11.9 Å². The lowest BCUT2D eigenvalue weighted by Crippen LogP contribution is -2.50. The fraction of sp³-hybridized carbons (Fsp3) is 0.250. The molecule has 0 bridgehead atoms. The summed E-state index contributed by atoms with van der Waals surface area (Å²) >= 11 is 0. The van der Waals surface area contributed by atoms with Gasteiger partial charge in [-0.2, -0.15) is 0 Å². The molecule has 3 rings (SSSR count). The second-order valence-corrected chi connectivity index (χ2v) is 5.31. The normalized spacial score (nSPS) is 19.5. The summed E-state index contributed by atoms with van der Waals surface area (Å²) in [6.45, 7) is 1.68. The van der Waals surface area contributed by atoms with Gasteiger partial charge >= 0.3 is 5.97 Å². The zero-order chi connectivity index (χ0) is 15.7. The van der Waals surface area contributed by atoms with Gasteiger partial charge in [-0.15, -0.1) is 0 Å². The number of aryl methyl sites for hydroxylation is 2. The average Bonchev–Trinajstić information content (AvgIpc) is 2.88. The Morgan fingerprint density at radius 1 is 1.27 bits per heavy atom. The van der Waals surface area contributed by atoms with Gasteiger partial charge in [0.2, 0.25) is 0 Å². The predicted molar refractivity (Wildman–Crippen MR) is 78.3 cm³/mol. The van der Waals surface area contributed by atoms with Gasteiger partial charge in [0, 0.05) is 6.20 Å². The van der Waals surface area contributed by atoms with Crippen molar-refractivity contribution in [2.75, 3.05) is 0 Å². The molecule has 2 aromatic rings. The summed E-state index contributed by atoms with van der Waals surface area (Å²) in [5.41, 5.74) is 0.357. The Bertz CT molecular complexity index is 760. The van der Waals surface area contributed by atoms with Crippen molar-refractivity contribution in [2.45, 2.75) is 25.3 Å². The Labute approximate surface area is 127 Å². The third-order valence-electron chi connectivity index (χ3n) is 3.95. The van der Waals surface area contributed by atoms with Gasteiger partial charge in [-0.05, 0) is 37.0 Å². The standard InChI is InChI=1S/C16H15N3O3/c1-10-17-9-7-13(18-10)14(20)19-16(15(21)22)8-6-11-4-2-3-5-12(11)16/h2-5,7,9H,6,8H2,1H3,(H,19,20)(H,21,22). The number of amides is 1. The molecule has 0 fully saturated rings. The van der Waals surface area contributed by atoms with Crippen LogP contribution < -0.4 is 5.32 Å². The quantitative estimate of drug-likeness (QED) is 0.894. The SMILES string of the molecule is Cc1nccc(C(=O)NC2(C(=O)O)CCc3ccccc32)n1. The van der Waals surface area contributed by atoms with Crippen LogP contribution in [0.25, 0.3) is 0 Å². The van der Waals surface area contributed by atoms with Crippen LogP contribution in [0.5, 0.6) is 0 Å². The molecule has 112 valence electrons. The molecule has 2 N–H and O–H groups in total. The minimum atomic E-state index is -1.40. The van der Waals surface area contributed by atoms with Crippen molar-refractivity contribution < 1.29 is 14.7 Å². The molecule has 1 unspecified atom stereocenters. The molecule has 1 aromatic heterocycles. The van der Waals surface area contributed by atoms with Gasteiger partial charge in [0.15, 0.2) is 5.54 Å². The summed E-state index contributed by atoms with van der Waals surface area (Å²) < 4.78 is 0. The summed E-state index contributed by atoms with van der Waals surface area (Å²) in [6.07, 6.45) is 2.43. The van der Waals surface area contributed by atoms with Gasteiger partial charge in [-0.25, -0.2) is 14.8 Å². The number of nitrogens with zero attached hydrogens (tertiary/aromatic N) is 2. The summed E-state index contributed by atoms with van der Waals surface area (Å²) in [6, 6.07) is 8.76. The molecule has 6 nitrogen and oxygen atoms in total. The molecule has 0 spiro atoms. The maximum Gasteiger partial charge on any atom is 0.334 e. The lowest BCUT2D eigenvalue weighted by atomic mass is 9.91. The molecule has 22 heavy (non-hydrogen) atoms. The zero-order valence-electron chi connectivity index (χ0n) is 12.0. The van der Waals surface area contributed by atoms with E-state index in [1.165, 1.54) is 12.3 Å². The molecule has 0 saturated carbocycles. The lowest BCUT2D eigenvalue weighted by Gasteiger charge is -2.26. The number of fused-ring (bicyclic) bond motifs is 1. The van der Waals surface area contributed by atoms with Crippen molar-refractivity contribution in [2.24, 2.45) is 0 Å². The molecule has 1 amide bonds. The van der Waals surface area contributed by atoms with Gasteiger partial charge in [0.1, 0.15) is 11.5 Å². The van der Waals surface area contributed by atoms with Crippen molar-refractivity contribution in [1.82, 2.24) is 15.3 Å². The van der Waals surface area contributed by atoms with E-state index in [0.717, 1.165) is 5.56 Å². The summed E-state index contributed by atoms with van der Waals surface area (Å²) in [4.78, 5) is 32.3.